The summed E-state index contributed by atoms with van der Waals surface area (Å²) in [4.78, 5) is 28.4. The zero-order valence-electron chi connectivity index (χ0n) is 17.8. The van der Waals surface area contributed by atoms with Crippen molar-refractivity contribution >= 4 is 23.3 Å². The summed E-state index contributed by atoms with van der Waals surface area (Å²) in [5, 5.41) is 8.63. The van der Waals surface area contributed by atoms with E-state index in [4.69, 9.17) is 4.74 Å². The number of halogens is 2. The second-order valence-electron chi connectivity index (χ2n) is 7.59. The fourth-order valence-corrected chi connectivity index (χ4v) is 3.49. The molecule has 170 valence electrons. The summed E-state index contributed by atoms with van der Waals surface area (Å²) in [6.07, 6.45) is 1.93. The van der Waals surface area contributed by atoms with Crippen LogP contribution in [0, 0.1) is 11.6 Å². The minimum absolute atomic E-state index is 0.0383. The monoisotopic (exact) mass is 452 g/mol. The average molecular weight is 452 g/mol. The van der Waals surface area contributed by atoms with Gasteiger partial charge in [-0.05, 0) is 48.4 Å². The molecule has 0 radical (unpaired) electrons. The third kappa shape index (κ3) is 5.25. The van der Waals surface area contributed by atoms with Crippen LogP contribution in [0.25, 0.3) is 0 Å². The van der Waals surface area contributed by atoms with Gasteiger partial charge in [-0.15, -0.1) is 0 Å². The summed E-state index contributed by atoms with van der Waals surface area (Å²) in [5.41, 5.74) is 2.45. The van der Waals surface area contributed by atoms with E-state index < -0.39 is 23.6 Å². The molecule has 1 aromatic heterocycles. The lowest BCUT2D eigenvalue weighted by molar-refractivity contribution is -0.115. The van der Waals surface area contributed by atoms with E-state index in [1.165, 1.54) is 6.07 Å². The van der Waals surface area contributed by atoms with Crippen LogP contribution in [0.5, 0.6) is 5.75 Å². The highest BCUT2D eigenvalue weighted by Gasteiger charge is 2.18. The molecule has 1 aliphatic rings. The molecule has 3 aromatic rings. The van der Waals surface area contributed by atoms with Crippen LogP contribution in [-0.4, -0.2) is 29.9 Å². The lowest BCUT2D eigenvalue weighted by Crippen LogP contribution is -2.28. The maximum Gasteiger partial charge on any atom is 0.255 e. The van der Waals surface area contributed by atoms with Crippen molar-refractivity contribution < 1.29 is 23.1 Å². The van der Waals surface area contributed by atoms with Gasteiger partial charge in [0.1, 0.15) is 18.2 Å². The zero-order valence-corrected chi connectivity index (χ0v) is 17.8. The molecule has 3 N–H and O–H groups in total. The first-order valence-corrected chi connectivity index (χ1v) is 10.4. The van der Waals surface area contributed by atoms with Gasteiger partial charge in [0.15, 0.2) is 11.6 Å². The van der Waals surface area contributed by atoms with Gasteiger partial charge < -0.3 is 20.7 Å². The Kier molecular flexibility index (Phi) is 6.48. The smallest absolute Gasteiger partial charge is 0.255 e. The zero-order chi connectivity index (χ0) is 23.4. The molecular formula is C24H22F2N4O3. The number of anilines is 2. The molecule has 1 unspecified atom stereocenters. The molecule has 0 fully saturated rings. The van der Waals surface area contributed by atoms with Gasteiger partial charge in [0.25, 0.3) is 5.91 Å². The van der Waals surface area contributed by atoms with Crippen LogP contribution in [-0.2, 0) is 11.2 Å². The van der Waals surface area contributed by atoms with Crippen molar-refractivity contribution in [3.63, 3.8) is 0 Å². The van der Waals surface area contributed by atoms with E-state index in [-0.39, 0.29) is 5.91 Å². The Hall–Kier alpha value is -4.01. The van der Waals surface area contributed by atoms with Crippen molar-refractivity contribution in [1.29, 1.82) is 0 Å². The fourth-order valence-electron chi connectivity index (χ4n) is 3.49. The van der Waals surface area contributed by atoms with E-state index >= 15 is 0 Å². The maximum absolute atomic E-state index is 13.5. The molecule has 33 heavy (non-hydrogen) atoms. The summed E-state index contributed by atoms with van der Waals surface area (Å²) in [6.45, 7) is 2.36. The number of benzene rings is 2. The van der Waals surface area contributed by atoms with Crippen molar-refractivity contribution in [3.05, 3.63) is 83.1 Å². The summed E-state index contributed by atoms with van der Waals surface area (Å²) < 4.78 is 32.4. The molecule has 0 spiro atoms. The molecule has 0 aliphatic carbocycles. The standard InChI is InChI=1S/C24H22F2N4O3/c1-14(15-5-7-19(25)20(26)11-15)29-24(32)18-3-2-8-27-23(18)28-9-10-33-17-6-4-16-12-22(31)30-21(16)13-17/h2-8,11,13-14H,9-10,12H2,1H3,(H,27,28)(H,29,32)(H,30,31). The molecule has 0 saturated carbocycles. The number of fused-ring (bicyclic) bond motifs is 1. The van der Waals surface area contributed by atoms with Crippen molar-refractivity contribution in [3.8, 4) is 5.75 Å². The molecule has 0 bridgehead atoms. The number of carbonyl (C=O) groups excluding carboxylic acids is 2. The second-order valence-corrected chi connectivity index (χ2v) is 7.59. The first kappa shape index (κ1) is 22.2. The van der Waals surface area contributed by atoms with Crippen molar-refractivity contribution in [2.45, 2.75) is 19.4 Å². The lowest BCUT2D eigenvalue weighted by Gasteiger charge is -2.16. The third-order valence-corrected chi connectivity index (χ3v) is 5.21. The van der Waals surface area contributed by atoms with E-state index in [9.17, 15) is 18.4 Å². The Bertz CT molecular complexity index is 1200. The van der Waals surface area contributed by atoms with Crippen molar-refractivity contribution in [1.82, 2.24) is 10.3 Å². The van der Waals surface area contributed by atoms with Crippen LogP contribution in [0.4, 0.5) is 20.3 Å². The minimum atomic E-state index is -0.969. The summed E-state index contributed by atoms with van der Waals surface area (Å²) in [6, 6.07) is 11.7. The molecule has 7 nitrogen and oxygen atoms in total. The van der Waals surface area contributed by atoms with E-state index in [1.54, 1.807) is 37.4 Å². The van der Waals surface area contributed by atoms with E-state index in [2.05, 4.69) is 20.9 Å². The normalized spacial score (nSPS) is 13.1. The molecule has 2 aromatic carbocycles. The highest BCUT2D eigenvalue weighted by atomic mass is 19.2. The predicted molar refractivity (Wildman–Crippen MR) is 119 cm³/mol. The van der Waals surface area contributed by atoms with Gasteiger partial charge in [-0.25, -0.2) is 13.8 Å². The number of amides is 2. The van der Waals surface area contributed by atoms with Gasteiger partial charge in [-0.1, -0.05) is 12.1 Å². The second kappa shape index (κ2) is 9.64. The SMILES string of the molecule is CC(NC(=O)c1cccnc1NCCOc1ccc2c(c1)NC(=O)C2)c1ccc(F)c(F)c1. The first-order valence-electron chi connectivity index (χ1n) is 10.4. The largest absolute Gasteiger partial charge is 0.492 e. The third-order valence-electron chi connectivity index (χ3n) is 5.21. The number of carbonyl (C=O) groups is 2. The highest BCUT2D eigenvalue weighted by Crippen LogP contribution is 2.27. The average Bonchev–Trinajstić information content (AvgIpc) is 3.18. The molecule has 0 saturated heterocycles. The Morgan fingerprint density at radius 1 is 1.18 bits per heavy atom. The van der Waals surface area contributed by atoms with Crippen LogP contribution in [0.15, 0.2) is 54.7 Å². The first-order chi connectivity index (χ1) is 15.9. The number of nitrogens with one attached hydrogen (secondary N) is 3. The van der Waals surface area contributed by atoms with Gasteiger partial charge in [0.2, 0.25) is 5.91 Å². The lowest BCUT2D eigenvalue weighted by atomic mass is 10.1. The van der Waals surface area contributed by atoms with Gasteiger partial charge >= 0.3 is 0 Å². The highest BCUT2D eigenvalue weighted by molar-refractivity contribution is 5.99. The van der Waals surface area contributed by atoms with Crippen LogP contribution >= 0.6 is 0 Å². The Labute approximate surface area is 189 Å². The maximum atomic E-state index is 13.5. The summed E-state index contributed by atoms with van der Waals surface area (Å²) >= 11 is 0. The van der Waals surface area contributed by atoms with Gasteiger partial charge in [-0.3, -0.25) is 9.59 Å². The van der Waals surface area contributed by atoms with E-state index in [0.717, 1.165) is 23.4 Å². The molecule has 1 aliphatic heterocycles. The molecule has 2 amide bonds. The molecule has 1 atom stereocenters. The fraction of sp³-hybridized carbons (Fsp3) is 0.208. The van der Waals surface area contributed by atoms with Crippen molar-refractivity contribution in [2.24, 2.45) is 0 Å². The Morgan fingerprint density at radius 2 is 2.03 bits per heavy atom. The Morgan fingerprint density at radius 3 is 2.85 bits per heavy atom. The quantitative estimate of drug-likeness (QED) is 0.452. The number of ether oxygens (including phenoxy) is 1. The minimum Gasteiger partial charge on any atom is -0.492 e. The molecule has 9 heteroatoms. The number of pyridine rings is 1. The predicted octanol–water partition coefficient (Wildman–Crippen LogP) is 3.84. The number of rotatable bonds is 8. The van der Waals surface area contributed by atoms with Crippen LogP contribution in [0.3, 0.4) is 0 Å². The number of hydrogen-bond donors (Lipinski definition) is 3. The summed E-state index contributed by atoms with van der Waals surface area (Å²) in [7, 11) is 0. The van der Waals surface area contributed by atoms with Gasteiger partial charge in [0, 0.05) is 18.0 Å². The molecule has 4 rings (SSSR count). The van der Waals surface area contributed by atoms with Crippen LogP contribution in [0.1, 0.15) is 34.5 Å². The van der Waals surface area contributed by atoms with Crippen molar-refractivity contribution in [2.75, 3.05) is 23.8 Å². The van der Waals surface area contributed by atoms with Crippen LogP contribution < -0.4 is 20.7 Å². The topological polar surface area (TPSA) is 92.3 Å². The molecular weight excluding hydrogens is 430 g/mol. The number of nitrogens with zero attached hydrogens (tertiary/aromatic N) is 1. The number of hydrogen-bond acceptors (Lipinski definition) is 5. The Balaban J connectivity index is 1.33. The molecule has 2 heterocycles. The van der Waals surface area contributed by atoms with E-state index in [0.29, 0.717) is 42.3 Å². The van der Waals surface area contributed by atoms with Gasteiger partial charge in [0.05, 0.1) is 24.6 Å². The van der Waals surface area contributed by atoms with Gasteiger partial charge in [-0.2, -0.15) is 0 Å². The van der Waals surface area contributed by atoms with E-state index in [1.807, 2.05) is 6.07 Å². The van der Waals surface area contributed by atoms with Crippen LogP contribution in [0.2, 0.25) is 0 Å². The summed E-state index contributed by atoms with van der Waals surface area (Å²) in [5.74, 6) is -1.36. The number of aromatic nitrogens is 1.